The van der Waals surface area contributed by atoms with Crippen LogP contribution in [0.4, 0.5) is 14.9 Å². The van der Waals surface area contributed by atoms with E-state index in [1.165, 1.54) is 18.2 Å². The van der Waals surface area contributed by atoms with Crippen LogP contribution in [0.25, 0.3) is 0 Å². The van der Waals surface area contributed by atoms with Crippen molar-refractivity contribution in [3.63, 3.8) is 0 Å². The Morgan fingerprint density at radius 2 is 1.96 bits per heavy atom. The number of benzene rings is 2. The van der Waals surface area contributed by atoms with Crippen molar-refractivity contribution in [1.29, 1.82) is 0 Å². The molecule has 0 aromatic heterocycles. The van der Waals surface area contributed by atoms with E-state index in [2.05, 4.69) is 10.6 Å². The Morgan fingerprint density at radius 3 is 2.70 bits per heavy atom. The topological polar surface area (TPSA) is 62.8 Å². The van der Waals surface area contributed by atoms with Gasteiger partial charge in [-0.3, -0.25) is 0 Å². The smallest absolute Gasteiger partial charge is 0.319 e. The Bertz CT molecular complexity index is 753. The molecule has 27 heavy (non-hydrogen) atoms. The van der Waals surface area contributed by atoms with Crippen LogP contribution in [0.15, 0.2) is 42.5 Å². The lowest BCUT2D eigenvalue weighted by atomic mass is 10.2. The molecule has 0 bridgehead atoms. The summed E-state index contributed by atoms with van der Waals surface area (Å²) in [6.07, 6.45) is 0. The van der Waals surface area contributed by atoms with Gasteiger partial charge in [0.05, 0.1) is 12.3 Å². The van der Waals surface area contributed by atoms with Gasteiger partial charge in [-0.25, -0.2) is 9.18 Å². The minimum atomic E-state index is -0.421. The number of hydrogen-bond donors (Lipinski definition) is 2. The third kappa shape index (κ3) is 7.15. The molecular weight excluding hydrogens is 349 g/mol. The van der Waals surface area contributed by atoms with Crippen LogP contribution < -0.4 is 20.1 Å². The highest BCUT2D eigenvalue weighted by Gasteiger charge is 2.09. The van der Waals surface area contributed by atoms with E-state index in [1.807, 2.05) is 43.3 Å². The molecule has 0 unspecified atom stereocenters. The Labute approximate surface area is 159 Å². The van der Waals surface area contributed by atoms with Crippen LogP contribution in [0.1, 0.15) is 12.5 Å². The molecule has 2 N–H and O–H groups in total. The van der Waals surface area contributed by atoms with E-state index in [1.54, 1.807) is 6.92 Å². The van der Waals surface area contributed by atoms with Gasteiger partial charge in [-0.1, -0.05) is 12.1 Å². The fourth-order valence-corrected chi connectivity index (χ4v) is 2.31. The van der Waals surface area contributed by atoms with Gasteiger partial charge in [0, 0.05) is 19.2 Å². The molecule has 2 amide bonds. The summed E-state index contributed by atoms with van der Waals surface area (Å²) in [6.45, 7) is 3.92. The second-order valence-corrected chi connectivity index (χ2v) is 6.18. The van der Waals surface area contributed by atoms with Crippen LogP contribution in [0.2, 0.25) is 0 Å². The molecule has 7 heteroatoms. The van der Waals surface area contributed by atoms with Gasteiger partial charge in [-0.15, -0.1) is 0 Å². The Morgan fingerprint density at radius 1 is 1.15 bits per heavy atom. The van der Waals surface area contributed by atoms with E-state index in [0.717, 1.165) is 17.9 Å². The third-order valence-electron chi connectivity index (χ3n) is 3.65. The molecule has 0 radical (unpaired) electrons. The lowest BCUT2D eigenvalue weighted by molar-refractivity contribution is 0.251. The number of nitrogens with one attached hydrogen (secondary N) is 2. The van der Waals surface area contributed by atoms with Crippen LogP contribution in [-0.4, -0.2) is 44.8 Å². The maximum Gasteiger partial charge on any atom is 0.319 e. The Hall–Kier alpha value is -2.80. The van der Waals surface area contributed by atoms with Crippen molar-refractivity contribution in [2.24, 2.45) is 0 Å². The van der Waals surface area contributed by atoms with Crippen molar-refractivity contribution in [3.05, 3.63) is 53.8 Å². The molecule has 2 rings (SSSR count). The monoisotopic (exact) mass is 375 g/mol. The summed E-state index contributed by atoms with van der Waals surface area (Å²) in [5.74, 6) is 0.633. The predicted octanol–water partition coefficient (Wildman–Crippen LogP) is 3.49. The van der Waals surface area contributed by atoms with E-state index >= 15 is 0 Å². The van der Waals surface area contributed by atoms with Gasteiger partial charge < -0.3 is 25.0 Å². The summed E-state index contributed by atoms with van der Waals surface area (Å²) in [5.41, 5.74) is 1.33. The fraction of sp³-hybridized carbons (Fsp3) is 0.350. The molecule has 0 atom stereocenters. The number of likely N-dealkylation sites (N-methyl/N-ethyl adjacent to an activating group) is 1. The zero-order chi connectivity index (χ0) is 19.6. The number of carbonyl (C=O) groups is 1. The average molecular weight is 375 g/mol. The largest absolute Gasteiger partial charge is 0.492 e. The molecule has 146 valence electrons. The minimum absolute atomic E-state index is 0.295. The van der Waals surface area contributed by atoms with Gasteiger partial charge in [-0.2, -0.15) is 0 Å². The molecule has 0 fully saturated rings. The molecule has 0 aliphatic heterocycles. The lowest BCUT2D eigenvalue weighted by Gasteiger charge is -2.13. The molecular formula is C20H26FN3O3. The highest BCUT2D eigenvalue weighted by atomic mass is 19.1. The SMILES string of the molecule is CCOc1cc(F)ccc1NC(=O)NCc1cccc(OCCN(C)C)c1. The van der Waals surface area contributed by atoms with Crippen molar-refractivity contribution >= 4 is 11.7 Å². The minimum Gasteiger partial charge on any atom is -0.492 e. The number of rotatable bonds is 9. The van der Waals surface area contributed by atoms with Gasteiger partial charge in [0.25, 0.3) is 0 Å². The highest BCUT2D eigenvalue weighted by Crippen LogP contribution is 2.25. The first-order valence-corrected chi connectivity index (χ1v) is 8.81. The van der Waals surface area contributed by atoms with Crippen molar-refractivity contribution < 1.29 is 18.7 Å². The van der Waals surface area contributed by atoms with E-state index in [-0.39, 0.29) is 0 Å². The van der Waals surface area contributed by atoms with Gasteiger partial charge in [0.1, 0.15) is 23.9 Å². The maximum absolute atomic E-state index is 13.3. The number of urea groups is 1. The van der Waals surface area contributed by atoms with E-state index in [9.17, 15) is 9.18 Å². The number of anilines is 1. The van der Waals surface area contributed by atoms with Crippen molar-refractivity contribution in [3.8, 4) is 11.5 Å². The first kappa shape index (κ1) is 20.5. The quantitative estimate of drug-likeness (QED) is 0.704. The Kier molecular flexibility index (Phi) is 7.88. The van der Waals surface area contributed by atoms with Crippen LogP contribution in [0, 0.1) is 5.82 Å². The fourth-order valence-electron chi connectivity index (χ4n) is 2.31. The van der Waals surface area contributed by atoms with E-state index < -0.39 is 11.8 Å². The number of halogens is 1. The second kappa shape index (κ2) is 10.4. The molecule has 0 aliphatic carbocycles. The molecule has 0 saturated carbocycles. The van der Waals surface area contributed by atoms with Crippen molar-refractivity contribution in [2.45, 2.75) is 13.5 Å². The summed E-state index contributed by atoms with van der Waals surface area (Å²) in [7, 11) is 3.97. The molecule has 0 saturated heterocycles. The van der Waals surface area contributed by atoms with Crippen molar-refractivity contribution in [1.82, 2.24) is 10.2 Å². The van der Waals surface area contributed by atoms with E-state index in [0.29, 0.717) is 31.2 Å². The summed E-state index contributed by atoms with van der Waals surface area (Å²) < 4.78 is 24.4. The molecule has 6 nitrogen and oxygen atoms in total. The van der Waals surface area contributed by atoms with Crippen LogP contribution >= 0.6 is 0 Å². The number of hydrogen-bond acceptors (Lipinski definition) is 4. The zero-order valence-electron chi connectivity index (χ0n) is 15.9. The summed E-state index contributed by atoms with van der Waals surface area (Å²) in [4.78, 5) is 14.2. The highest BCUT2D eigenvalue weighted by molar-refractivity contribution is 5.90. The summed E-state index contributed by atoms with van der Waals surface area (Å²) in [5, 5.41) is 5.45. The standard InChI is InChI=1S/C20H26FN3O3/c1-4-26-19-13-16(21)8-9-18(19)23-20(25)22-14-15-6-5-7-17(12-15)27-11-10-24(2)3/h5-9,12-13H,4,10-11,14H2,1-3H3,(H2,22,23,25). The first-order chi connectivity index (χ1) is 13.0. The van der Waals surface area contributed by atoms with Crippen LogP contribution in [0.5, 0.6) is 11.5 Å². The number of nitrogens with zero attached hydrogens (tertiary/aromatic N) is 1. The van der Waals surface area contributed by atoms with Crippen LogP contribution in [-0.2, 0) is 6.54 Å². The third-order valence-corrected chi connectivity index (χ3v) is 3.65. The second-order valence-electron chi connectivity index (χ2n) is 6.18. The summed E-state index contributed by atoms with van der Waals surface area (Å²) in [6, 6.07) is 11.1. The van der Waals surface area contributed by atoms with Gasteiger partial charge in [-0.05, 0) is 50.8 Å². The van der Waals surface area contributed by atoms with Gasteiger partial charge in [0.15, 0.2) is 0 Å². The number of ether oxygens (including phenoxy) is 2. The van der Waals surface area contributed by atoms with Gasteiger partial charge in [0.2, 0.25) is 0 Å². The van der Waals surface area contributed by atoms with Crippen LogP contribution in [0.3, 0.4) is 0 Å². The molecule has 2 aromatic carbocycles. The molecule has 2 aromatic rings. The predicted molar refractivity (Wildman–Crippen MR) is 104 cm³/mol. The normalized spacial score (nSPS) is 10.6. The Balaban J connectivity index is 1.88. The molecule has 0 aliphatic rings. The summed E-state index contributed by atoms with van der Waals surface area (Å²) >= 11 is 0. The van der Waals surface area contributed by atoms with Crippen molar-refractivity contribution in [2.75, 3.05) is 39.2 Å². The number of amides is 2. The van der Waals surface area contributed by atoms with Gasteiger partial charge >= 0.3 is 6.03 Å². The van der Waals surface area contributed by atoms with E-state index in [4.69, 9.17) is 9.47 Å². The molecule has 0 spiro atoms. The lowest BCUT2D eigenvalue weighted by Crippen LogP contribution is -2.28. The average Bonchev–Trinajstić information content (AvgIpc) is 2.63. The molecule has 0 heterocycles. The number of carbonyl (C=O) groups excluding carboxylic acids is 1. The maximum atomic E-state index is 13.3. The first-order valence-electron chi connectivity index (χ1n) is 8.81. The zero-order valence-corrected chi connectivity index (χ0v) is 15.9.